The Morgan fingerprint density at radius 1 is 1.20 bits per heavy atom. The third-order valence-electron chi connectivity index (χ3n) is 5.67. The Morgan fingerprint density at radius 3 is 2.63 bits per heavy atom. The minimum atomic E-state index is -0.858. The molecule has 176 valence electrons. The number of aromatic nitrogens is 3. The maximum atomic E-state index is 14.0. The smallest absolute Gasteiger partial charge is 0.267 e. The normalized spacial score (nSPS) is 10.9. The van der Waals surface area contributed by atoms with Crippen molar-refractivity contribution in [2.45, 2.75) is 27.3 Å². The maximum Gasteiger partial charge on any atom is 0.267 e. The van der Waals surface area contributed by atoms with Gasteiger partial charge in [-0.25, -0.2) is 9.37 Å². The summed E-state index contributed by atoms with van der Waals surface area (Å²) >= 11 is 5.93. The van der Waals surface area contributed by atoms with Crippen LogP contribution in [-0.4, -0.2) is 26.6 Å². The standard InChI is InChI=1S/C25H20ClFN6O2/c1-12-4-5-15(10-28)16(6-12)11-33-14(3)23(13(2)32-33)31-25(35)18-8-22(24(29)34)30-21-9-20(27)19(26)7-17(18)21/h4-9H,11H2,1-3H3,(H2,29,34)(H,31,35). The zero-order chi connectivity index (χ0) is 25.4. The van der Waals surface area contributed by atoms with Crippen molar-refractivity contribution in [3.63, 3.8) is 0 Å². The Morgan fingerprint density at radius 2 is 1.94 bits per heavy atom. The van der Waals surface area contributed by atoms with Crippen molar-refractivity contribution in [2.24, 2.45) is 5.73 Å². The number of hydrogen-bond acceptors (Lipinski definition) is 5. The maximum absolute atomic E-state index is 14.0. The lowest BCUT2D eigenvalue weighted by Gasteiger charge is -2.11. The number of benzene rings is 2. The number of nitrogens with two attached hydrogens (primary N) is 1. The number of anilines is 1. The summed E-state index contributed by atoms with van der Waals surface area (Å²) < 4.78 is 15.7. The first kappa shape index (κ1) is 23.9. The van der Waals surface area contributed by atoms with Gasteiger partial charge >= 0.3 is 0 Å². The molecule has 8 nitrogen and oxygen atoms in total. The van der Waals surface area contributed by atoms with Crippen LogP contribution in [0.3, 0.4) is 0 Å². The molecule has 0 aliphatic heterocycles. The van der Waals surface area contributed by atoms with E-state index in [4.69, 9.17) is 17.3 Å². The van der Waals surface area contributed by atoms with E-state index < -0.39 is 17.6 Å². The molecule has 0 aliphatic carbocycles. The second-order valence-electron chi connectivity index (χ2n) is 8.13. The highest BCUT2D eigenvalue weighted by molar-refractivity contribution is 6.31. The van der Waals surface area contributed by atoms with Gasteiger partial charge in [0.05, 0.1) is 51.4 Å². The predicted molar refractivity (Wildman–Crippen MR) is 130 cm³/mol. The van der Waals surface area contributed by atoms with Crippen molar-refractivity contribution < 1.29 is 14.0 Å². The molecule has 3 N–H and O–H groups in total. The van der Waals surface area contributed by atoms with Crippen molar-refractivity contribution in [1.82, 2.24) is 14.8 Å². The predicted octanol–water partition coefficient (Wildman–Crippen LogP) is 4.42. The van der Waals surface area contributed by atoms with Gasteiger partial charge in [-0.05, 0) is 44.5 Å². The number of amides is 2. The summed E-state index contributed by atoms with van der Waals surface area (Å²) in [6.45, 7) is 5.82. The van der Waals surface area contributed by atoms with Gasteiger partial charge in [-0.1, -0.05) is 29.3 Å². The van der Waals surface area contributed by atoms with Crippen LogP contribution in [-0.2, 0) is 6.54 Å². The van der Waals surface area contributed by atoms with Gasteiger partial charge in [0, 0.05) is 11.5 Å². The summed E-state index contributed by atoms with van der Waals surface area (Å²) in [5.74, 6) is -2.16. The summed E-state index contributed by atoms with van der Waals surface area (Å²) in [5.41, 5.74) is 9.36. The number of primary amides is 1. The van der Waals surface area contributed by atoms with Crippen LogP contribution in [0.15, 0.2) is 36.4 Å². The first-order chi connectivity index (χ1) is 16.6. The molecule has 0 atom stereocenters. The van der Waals surface area contributed by atoms with Crippen molar-refractivity contribution in [3.8, 4) is 6.07 Å². The van der Waals surface area contributed by atoms with Gasteiger partial charge in [0.2, 0.25) is 0 Å². The second-order valence-corrected chi connectivity index (χ2v) is 8.54. The number of nitriles is 1. The van der Waals surface area contributed by atoms with E-state index in [0.29, 0.717) is 29.2 Å². The quantitative estimate of drug-likeness (QED) is 0.428. The van der Waals surface area contributed by atoms with Gasteiger partial charge in [-0.2, -0.15) is 10.4 Å². The van der Waals surface area contributed by atoms with E-state index in [1.165, 1.54) is 12.1 Å². The Balaban J connectivity index is 1.73. The summed E-state index contributed by atoms with van der Waals surface area (Å²) in [5, 5.41) is 16.9. The number of fused-ring (bicyclic) bond motifs is 1. The Labute approximate surface area is 205 Å². The molecule has 35 heavy (non-hydrogen) atoms. The van der Waals surface area contributed by atoms with E-state index >= 15 is 0 Å². The third kappa shape index (κ3) is 4.56. The van der Waals surface area contributed by atoms with Crippen LogP contribution in [0.5, 0.6) is 0 Å². The zero-order valence-corrected chi connectivity index (χ0v) is 19.9. The first-order valence-electron chi connectivity index (χ1n) is 10.5. The van der Waals surface area contributed by atoms with E-state index in [-0.39, 0.29) is 27.2 Å². The van der Waals surface area contributed by atoms with Crippen LogP contribution in [0.1, 0.15) is 48.9 Å². The van der Waals surface area contributed by atoms with Gasteiger partial charge in [-0.15, -0.1) is 0 Å². The molecular weight excluding hydrogens is 471 g/mol. The van der Waals surface area contributed by atoms with Crippen molar-refractivity contribution in [1.29, 1.82) is 5.26 Å². The molecule has 0 unspecified atom stereocenters. The highest BCUT2D eigenvalue weighted by atomic mass is 35.5. The summed E-state index contributed by atoms with van der Waals surface area (Å²) in [6, 6.07) is 11.3. The monoisotopic (exact) mass is 490 g/mol. The van der Waals surface area contributed by atoms with Gasteiger partial charge < -0.3 is 11.1 Å². The van der Waals surface area contributed by atoms with E-state index in [0.717, 1.165) is 17.2 Å². The number of rotatable bonds is 5. The van der Waals surface area contributed by atoms with Gasteiger partial charge in [0.15, 0.2) is 0 Å². The van der Waals surface area contributed by atoms with Crippen molar-refractivity contribution in [3.05, 3.63) is 86.6 Å². The number of carbonyl (C=O) groups excluding carboxylic acids is 2. The van der Waals surface area contributed by atoms with Gasteiger partial charge in [0.25, 0.3) is 11.8 Å². The third-order valence-corrected chi connectivity index (χ3v) is 5.96. The van der Waals surface area contributed by atoms with Crippen LogP contribution in [0.25, 0.3) is 10.9 Å². The highest BCUT2D eigenvalue weighted by Crippen LogP contribution is 2.28. The number of hydrogen-bond donors (Lipinski definition) is 2. The molecule has 2 heterocycles. The van der Waals surface area contributed by atoms with Crippen LogP contribution in [0, 0.1) is 37.9 Å². The van der Waals surface area contributed by atoms with Crippen LogP contribution in [0.4, 0.5) is 10.1 Å². The van der Waals surface area contributed by atoms with Gasteiger partial charge in [-0.3, -0.25) is 14.3 Å². The van der Waals surface area contributed by atoms with Crippen LogP contribution >= 0.6 is 11.6 Å². The number of pyridine rings is 1. The lowest BCUT2D eigenvalue weighted by Crippen LogP contribution is -2.18. The first-order valence-corrected chi connectivity index (χ1v) is 10.9. The topological polar surface area (TPSA) is 127 Å². The Kier molecular flexibility index (Phi) is 6.24. The van der Waals surface area contributed by atoms with Gasteiger partial charge in [0.1, 0.15) is 11.5 Å². The number of carbonyl (C=O) groups is 2. The molecule has 0 bridgehead atoms. The molecule has 4 aromatic rings. The largest absolute Gasteiger partial charge is 0.364 e. The van der Waals surface area contributed by atoms with E-state index in [1.807, 2.05) is 19.1 Å². The minimum Gasteiger partial charge on any atom is -0.364 e. The molecular formula is C25H20ClFN6O2. The Hall–Kier alpha value is -4.29. The molecule has 0 spiro atoms. The number of halogens is 2. The average molecular weight is 491 g/mol. The molecule has 2 amide bonds. The van der Waals surface area contributed by atoms with Crippen molar-refractivity contribution in [2.75, 3.05) is 5.32 Å². The molecule has 0 radical (unpaired) electrons. The lowest BCUT2D eigenvalue weighted by atomic mass is 10.1. The molecule has 0 saturated carbocycles. The minimum absolute atomic E-state index is 0.0581. The van der Waals surface area contributed by atoms with Crippen LogP contribution < -0.4 is 11.1 Å². The number of aryl methyl sites for hydroxylation is 2. The Bertz CT molecular complexity index is 1570. The number of nitrogens with one attached hydrogen (secondary N) is 1. The van der Waals surface area contributed by atoms with Crippen LogP contribution in [0.2, 0.25) is 5.02 Å². The number of nitrogens with zero attached hydrogens (tertiary/aromatic N) is 4. The molecule has 4 rings (SSSR count). The SMILES string of the molecule is Cc1ccc(C#N)c(Cn2nc(C)c(NC(=O)c3cc(C(N)=O)nc4cc(F)c(Cl)cc34)c2C)c1. The molecule has 10 heteroatoms. The fraction of sp³-hybridized carbons (Fsp3) is 0.160. The summed E-state index contributed by atoms with van der Waals surface area (Å²) in [6.07, 6.45) is 0. The fourth-order valence-corrected chi connectivity index (χ4v) is 4.04. The molecule has 0 aliphatic rings. The highest BCUT2D eigenvalue weighted by Gasteiger charge is 2.21. The summed E-state index contributed by atoms with van der Waals surface area (Å²) in [7, 11) is 0. The molecule has 0 saturated heterocycles. The second kappa shape index (κ2) is 9.16. The van der Waals surface area contributed by atoms with E-state index in [1.54, 1.807) is 24.6 Å². The molecule has 2 aromatic heterocycles. The molecule has 2 aromatic carbocycles. The van der Waals surface area contributed by atoms with E-state index in [2.05, 4.69) is 21.5 Å². The van der Waals surface area contributed by atoms with E-state index in [9.17, 15) is 19.2 Å². The van der Waals surface area contributed by atoms with Crippen molar-refractivity contribution >= 4 is 40.0 Å². The summed E-state index contributed by atoms with van der Waals surface area (Å²) in [4.78, 5) is 29.1. The average Bonchev–Trinajstić information content (AvgIpc) is 3.06. The molecule has 0 fully saturated rings. The lowest BCUT2D eigenvalue weighted by molar-refractivity contribution is 0.0996. The fourth-order valence-electron chi connectivity index (χ4n) is 3.87. The zero-order valence-electron chi connectivity index (χ0n) is 19.1.